The minimum Gasteiger partial charge on any atom is -0.267 e. The molecule has 2 amide bonds. The van der Waals surface area contributed by atoms with Crippen LogP contribution in [-0.2, 0) is 12.8 Å². The van der Waals surface area contributed by atoms with Gasteiger partial charge in [0.1, 0.15) is 5.82 Å². The quantitative estimate of drug-likeness (QED) is 0.494. The van der Waals surface area contributed by atoms with Gasteiger partial charge in [0.05, 0.1) is 10.6 Å². The van der Waals surface area contributed by atoms with Crippen molar-refractivity contribution in [3.8, 4) is 5.69 Å². The lowest BCUT2D eigenvalue weighted by atomic mass is 9.95. The number of carbonyl (C=O) groups is 2. The Morgan fingerprint density at radius 2 is 1.74 bits per heavy atom. The molecule has 1 heterocycles. The smallest absolute Gasteiger partial charge is 0.267 e. The summed E-state index contributed by atoms with van der Waals surface area (Å²) >= 11 is 0. The van der Waals surface area contributed by atoms with Crippen molar-refractivity contribution in [1.29, 1.82) is 0 Å². The molecule has 0 bridgehead atoms. The molecule has 1 aromatic heterocycles. The van der Waals surface area contributed by atoms with E-state index in [1.165, 1.54) is 30.3 Å². The number of nitro groups is 1. The van der Waals surface area contributed by atoms with Gasteiger partial charge in [-0.3, -0.25) is 30.6 Å². The van der Waals surface area contributed by atoms with Crippen LogP contribution in [0.3, 0.4) is 0 Å². The summed E-state index contributed by atoms with van der Waals surface area (Å²) in [4.78, 5) is 35.3. The molecule has 0 fully saturated rings. The number of aromatic nitrogens is 2. The molecule has 158 valence electrons. The highest BCUT2D eigenvalue weighted by molar-refractivity contribution is 5.99. The maximum atomic E-state index is 13.3. The van der Waals surface area contributed by atoms with Crippen LogP contribution in [0.15, 0.2) is 48.5 Å². The Morgan fingerprint density at radius 1 is 1.03 bits per heavy atom. The van der Waals surface area contributed by atoms with E-state index in [4.69, 9.17) is 0 Å². The average molecular weight is 423 g/mol. The number of hydrogen-bond donors (Lipinski definition) is 2. The highest BCUT2D eigenvalue weighted by Crippen LogP contribution is 2.27. The predicted molar refractivity (Wildman–Crippen MR) is 108 cm³/mol. The number of hydrogen-bond acceptors (Lipinski definition) is 5. The first kappa shape index (κ1) is 20.2. The molecule has 1 aliphatic carbocycles. The first-order valence-corrected chi connectivity index (χ1v) is 9.66. The largest absolute Gasteiger partial charge is 0.290 e. The lowest BCUT2D eigenvalue weighted by Crippen LogP contribution is -2.42. The van der Waals surface area contributed by atoms with Crippen LogP contribution in [0, 0.1) is 15.9 Å². The second-order valence-corrected chi connectivity index (χ2v) is 7.08. The van der Waals surface area contributed by atoms with Gasteiger partial charge < -0.3 is 0 Å². The zero-order valence-corrected chi connectivity index (χ0v) is 16.3. The number of nitrogens with zero attached hydrogens (tertiary/aromatic N) is 3. The fourth-order valence-electron chi connectivity index (χ4n) is 3.58. The van der Waals surface area contributed by atoms with Gasteiger partial charge in [0.2, 0.25) is 0 Å². The molecule has 10 heteroatoms. The van der Waals surface area contributed by atoms with Crippen LogP contribution in [0.5, 0.6) is 0 Å². The number of amides is 2. The molecular weight excluding hydrogens is 405 g/mol. The fraction of sp³-hybridized carbons (Fsp3) is 0.190. The van der Waals surface area contributed by atoms with Gasteiger partial charge in [-0.2, -0.15) is 5.10 Å². The first-order valence-electron chi connectivity index (χ1n) is 9.66. The minimum atomic E-state index is -0.691. The Labute approximate surface area is 176 Å². The third kappa shape index (κ3) is 4.13. The van der Waals surface area contributed by atoms with Gasteiger partial charge in [0.15, 0.2) is 5.69 Å². The molecule has 31 heavy (non-hydrogen) atoms. The monoisotopic (exact) mass is 423 g/mol. The maximum Gasteiger partial charge on any atom is 0.290 e. The summed E-state index contributed by atoms with van der Waals surface area (Å²) in [6.45, 7) is 0. The van der Waals surface area contributed by atoms with Crippen LogP contribution in [0.1, 0.15) is 44.9 Å². The topological polar surface area (TPSA) is 119 Å². The van der Waals surface area contributed by atoms with Gasteiger partial charge >= 0.3 is 0 Å². The Hall–Kier alpha value is -4.08. The number of benzene rings is 2. The minimum absolute atomic E-state index is 0.0355. The molecule has 0 radical (unpaired) electrons. The van der Waals surface area contributed by atoms with E-state index < -0.39 is 16.7 Å². The van der Waals surface area contributed by atoms with E-state index in [1.54, 1.807) is 16.8 Å². The molecule has 0 saturated heterocycles. The normalized spacial score (nSPS) is 12.7. The Morgan fingerprint density at radius 3 is 2.48 bits per heavy atom. The van der Waals surface area contributed by atoms with E-state index in [0.717, 1.165) is 36.6 Å². The Kier molecular flexibility index (Phi) is 5.44. The van der Waals surface area contributed by atoms with Gasteiger partial charge in [-0.05, 0) is 56.0 Å². The second kappa shape index (κ2) is 8.34. The summed E-state index contributed by atoms with van der Waals surface area (Å²) in [5, 5.41) is 15.3. The van der Waals surface area contributed by atoms with Crippen molar-refractivity contribution in [2.24, 2.45) is 0 Å². The summed E-state index contributed by atoms with van der Waals surface area (Å²) in [7, 11) is 0. The van der Waals surface area contributed by atoms with Crippen LogP contribution in [0.2, 0.25) is 0 Å². The second-order valence-electron chi connectivity index (χ2n) is 7.08. The zero-order chi connectivity index (χ0) is 22.0. The molecule has 2 N–H and O–H groups in total. The number of halogens is 1. The lowest BCUT2D eigenvalue weighted by molar-refractivity contribution is -0.384. The average Bonchev–Trinajstić information content (AvgIpc) is 3.17. The summed E-state index contributed by atoms with van der Waals surface area (Å²) < 4.78 is 14.9. The maximum absolute atomic E-state index is 13.3. The fourth-order valence-corrected chi connectivity index (χ4v) is 3.58. The molecule has 0 atom stereocenters. The summed E-state index contributed by atoms with van der Waals surface area (Å²) in [6, 6.07) is 11.0. The molecular formula is C21H18FN5O4. The summed E-state index contributed by atoms with van der Waals surface area (Å²) in [5.41, 5.74) is 6.89. The molecule has 0 unspecified atom stereocenters. The van der Waals surface area contributed by atoms with Crippen molar-refractivity contribution in [3.05, 3.63) is 87.0 Å². The van der Waals surface area contributed by atoms with Gasteiger partial charge in [-0.25, -0.2) is 9.07 Å². The van der Waals surface area contributed by atoms with Crippen LogP contribution < -0.4 is 10.9 Å². The van der Waals surface area contributed by atoms with Crippen LogP contribution >= 0.6 is 0 Å². The molecule has 3 aromatic rings. The molecule has 0 spiro atoms. The molecule has 0 saturated carbocycles. The van der Waals surface area contributed by atoms with E-state index in [1.807, 2.05) is 0 Å². The lowest BCUT2D eigenvalue weighted by Gasteiger charge is -2.14. The van der Waals surface area contributed by atoms with Gasteiger partial charge in [-0.1, -0.05) is 6.07 Å². The van der Waals surface area contributed by atoms with Crippen molar-refractivity contribution < 1.29 is 18.9 Å². The van der Waals surface area contributed by atoms with Crippen molar-refractivity contribution in [2.45, 2.75) is 25.7 Å². The van der Waals surface area contributed by atoms with E-state index in [9.17, 15) is 24.1 Å². The van der Waals surface area contributed by atoms with Crippen LogP contribution in [0.25, 0.3) is 5.69 Å². The van der Waals surface area contributed by atoms with Gasteiger partial charge in [-0.15, -0.1) is 0 Å². The van der Waals surface area contributed by atoms with E-state index in [2.05, 4.69) is 16.0 Å². The predicted octanol–water partition coefficient (Wildman–Crippen LogP) is 2.87. The van der Waals surface area contributed by atoms with E-state index >= 15 is 0 Å². The zero-order valence-electron chi connectivity index (χ0n) is 16.3. The Bertz CT molecular complexity index is 1170. The molecule has 9 nitrogen and oxygen atoms in total. The highest BCUT2D eigenvalue weighted by Gasteiger charge is 2.26. The highest BCUT2D eigenvalue weighted by atomic mass is 19.1. The molecule has 2 aromatic carbocycles. The number of non-ortho nitro benzene ring substituents is 1. The molecule has 4 rings (SSSR count). The first-order chi connectivity index (χ1) is 14.9. The SMILES string of the molecule is O=C(NNC(=O)c1nn(-c2ccc(F)cc2)c2c1CCCC2)c1cccc([N+](=O)[O-])c1. The number of carbonyl (C=O) groups excluding carboxylic acids is 2. The van der Waals surface area contributed by atoms with Crippen molar-refractivity contribution in [3.63, 3.8) is 0 Å². The number of nitro benzene ring substituents is 1. The summed E-state index contributed by atoms with van der Waals surface area (Å²) in [6.07, 6.45) is 3.25. The van der Waals surface area contributed by atoms with Crippen molar-refractivity contribution in [2.75, 3.05) is 0 Å². The third-order valence-electron chi connectivity index (χ3n) is 5.08. The number of hydrazine groups is 1. The van der Waals surface area contributed by atoms with Gasteiger partial charge in [0, 0.05) is 29.0 Å². The van der Waals surface area contributed by atoms with E-state index in [-0.39, 0.29) is 22.8 Å². The Balaban J connectivity index is 1.55. The third-order valence-corrected chi connectivity index (χ3v) is 5.08. The van der Waals surface area contributed by atoms with Crippen LogP contribution in [0.4, 0.5) is 10.1 Å². The standard InChI is InChI=1S/C21H18FN5O4/c22-14-8-10-15(11-9-14)26-18-7-2-1-6-17(18)19(25-26)21(29)24-23-20(28)13-4-3-5-16(12-13)27(30)31/h3-5,8-12H,1-2,6-7H2,(H,23,28)(H,24,29). The van der Waals surface area contributed by atoms with Gasteiger partial charge in [0.25, 0.3) is 17.5 Å². The molecule has 1 aliphatic rings. The number of nitrogens with one attached hydrogen (secondary N) is 2. The summed E-state index contributed by atoms with van der Waals surface area (Å²) in [5.74, 6) is -1.66. The van der Waals surface area contributed by atoms with Crippen LogP contribution in [-0.4, -0.2) is 26.5 Å². The van der Waals surface area contributed by atoms with E-state index in [0.29, 0.717) is 12.1 Å². The molecule has 0 aliphatic heterocycles. The van der Waals surface area contributed by atoms with Crippen molar-refractivity contribution >= 4 is 17.5 Å². The van der Waals surface area contributed by atoms with Crippen molar-refractivity contribution in [1.82, 2.24) is 20.6 Å². The number of rotatable bonds is 4. The number of fused-ring (bicyclic) bond motifs is 1.